The number of ether oxygens (including phenoxy) is 2. The van der Waals surface area contributed by atoms with Gasteiger partial charge >= 0.3 is 0 Å². The highest BCUT2D eigenvalue weighted by Gasteiger charge is 2.32. The van der Waals surface area contributed by atoms with Gasteiger partial charge in [-0.05, 0) is 18.6 Å². The lowest BCUT2D eigenvalue weighted by atomic mass is 9.99. The van der Waals surface area contributed by atoms with E-state index in [0.29, 0.717) is 18.2 Å². The molecule has 1 heterocycles. The van der Waals surface area contributed by atoms with Crippen LogP contribution in [0.3, 0.4) is 0 Å². The van der Waals surface area contributed by atoms with Gasteiger partial charge < -0.3 is 15.2 Å². The highest BCUT2D eigenvalue weighted by atomic mass is 35.5. The average molecular weight is 242 g/mol. The zero-order valence-corrected chi connectivity index (χ0v) is 10.0. The van der Waals surface area contributed by atoms with E-state index in [1.165, 1.54) is 0 Å². The summed E-state index contributed by atoms with van der Waals surface area (Å²) in [7, 11) is 0. The fourth-order valence-electron chi connectivity index (χ4n) is 1.59. The molecule has 88 valence electrons. The van der Waals surface area contributed by atoms with Crippen LogP contribution in [0.4, 0.5) is 0 Å². The molecule has 2 rings (SSSR count). The van der Waals surface area contributed by atoms with Crippen LogP contribution in [0.1, 0.15) is 25.2 Å². The van der Waals surface area contributed by atoms with E-state index in [1.54, 1.807) is 0 Å². The molecule has 0 amide bonds. The lowest BCUT2D eigenvalue weighted by Gasteiger charge is -2.36. The standard InChI is InChI=1S/C12H16ClNO2/c1-2-12(14)7-15-11(16-8-12)9-3-5-10(13)6-4-9/h3-6,11H,2,7-8,14H2,1H3. The molecule has 4 heteroatoms. The summed E-state index contributed by atoms with van der Waals surface area (Å²) in [5.41, 5.74) is 6.68. The molecule has 1 aromatic rings. The second-order valence-electron chi connectivity index (χ2n) is 4.22. The zero-order chi connectivity index (χ0) is 11.6. The molecule has 1 saturated heterocycles. The average Bonchev–Trinajstić information content (AvgIpc) is 2.32. The molecule has 0 unspecified atom stereocenters. The molecule has 0 spiro atoms. The van der Waals surface area contributed by atoms with Crippen LogP contribution >= 0.6 is 11.6 Å². The van der Waals surface area contributed by atoms with Gasteiger partial charge in [-0.15, -0.1) is 0 Å². The van der Waals surface area contributed by atoms with Crippen molar-refractivity contribution in [1.29, 1.82) is 0 Å². The summed E-state index contributed by atoms with van der Waals surface area (Å²) in [6, 6.07) is 7.46. The van der Waals surface area contributed by atoms with Crippen LogP contribution < -0.4 is 5.73 Å². The third kappa shape index (κ3) is 2.55. The third-order valence-corrected chi connectivity index (χ3v) is 3.14. The van der Waals surface area contributed by atoms with Gasteiger partial charge in [-0.25, -0.2) is 0 Å². The molecule has 0 saturated carbocycles. The van der Waals surface area contributed by atoms with Gasteiger partial charge in [-0.1, -0.05) is 30.7 Å². The maximum absolute atomic E-state index is 6.05. The predicted octanol–water partition coefficient (Wildman–Crippen LogP) is 2.49. The SMILES string of the molecule is CCC1(N)COC(c2ccc(Cl)cc2)OC1. The molecule has 0 aromatic heterocycles. The Morgan fingerprint density at radius 2 is 1.88 bits per heavy atom. The van der Waals surface area contributed by atoms with Crippen LogP contribution in [0.25, 0.3) is 0 Å². The molecule has 2 N–H and O–H groups in total. The van der Waals surface area contributed by atoms with E-state index in [0.717, 1.165) is 12.0 Å². The van der Waals surface area contributed by atoms with Gasteiger partial charge in [-0.3, -0.25) is 0 Å². The van der Waals surface area contributed by atoms with Crippen LogP contribution in [0.5, 0.6) is 0 Å². The van der Waals surface area contributed by atoms with Crippen molar-refractivity contribution in [2.24, 2.45) is 5.73 Å². The topological polar surface area (TPSA) is 44.5 Å². The summed E-state index contributed by atoms with van der Waals surface area (Å²) in [5.74, 6) is 0. The molecular formula is C12H16ClNO2. The number of halogens is 1. The molecule has 16 heavy (non-hydrogen) atoms. The van der Waals surface area contributed by atoms with Crippen molar-refractivity contribution >= 4 is 11.6 Å². The first-order valence-corrected chi connectivity index (χ1v) is 5.78. The largest absolute Gasteiger partial charge is 0.346 e. The van der Waals surface area contributed by atoms with Crippen molar-refractivity contribution in [3.8, 4) is 0 Å². The Kier molecular flexibility index (Phi) is 3.50. The van der Waals surface area contributed by atoms with Crippen LogP contribution in [0.15, 0.2) is 24.3 Å². The first-order valence-electron chi connectivity index (χ1n) is 5.40. The first-order chi connectivity index (χ1) is 7.63. The second-order valence-corrected chi connectivity index (χ2v) is 4.66. The summed E-state index contributed by atoms with van der Waals surface area (Å²) in [6.07, 6.45) is 0.529. The lowest BCUT2D eigenvalue weighted by molar-refractivity contribution is -0.211. The summed E-state index contributed by atoms with van der Waals surface area (Å²) in [5, 5.41) is 0.710. The highest BCUT2D eigenvalue weighted by molar-refractivity contribution is 6.30. The smallest absolute Gasteiger partial charge is 0.183 e. The molecule has 3 nitrogen and oxygen atoms in total. The summed E-state index contributed by atoms with van der Waals surface area (Å²) in [6.45, 7) is 3.09. The van der Waals surface area contributed by atoms with Crippen molar-refractivity contribution in [1.82, 2.24) is 0 Å². The molecule has 1 aliphatic heterocycles. The Balaban J connectivity index is 2.01. The van der Waals surface area contributed by atoms with E-state index < -0.39 is 0 Å². The van der Waals surface area contributed by atoms with Crippen LogP contribution in [-0.4, -0.2) is 18.8 Å². The van der Waals surface area contributed by atoms with Gasteiger partial charge in [0.15, 0.2) is 6.29 Å². The normalized spacial score (nSPS) is 30.3. The Bertz CT molecular complexity index is 345. The Morgan fingerprint density at radius 1 is 1.31 bits per heavy atom. The van der Waals surface area contributed by atoms with Crippen molar-refractivity contribution in [2.75, 3.05) is 13.2 Å². The minimum atomic E-state index is -0.344. The van der Waals surface area contributed by atoms with E-state index in [9.17, 15) is 0 Å². The minimum absolute atomic E-state index is 0.319. The quantitative estimate of drug-likeness (QED) is 0.865. The maximum atomic E-state index is 6.05. The monoisotopic (exact) mass is 241 g/mol. The van der Waals surface area contributed by atoms with Crippen molar-refractivity contribution < 1.29 is 9.47 Å². The molecule has 1 fully saturated rings. The molecule has 0 bridgehead atoms. The van der Waals surface area contributed by atoms with Crippen molar-refractivity contribution in [2.45, 2.75) is 25.2 Å². The molecular weight excluding hydrogens is 226 g/mol. The highest BCUT2D eigenvalue weighted by Crippen LogP contribution is 2.27. The predicted molar refractivity (Wildman–Crippen MR) is 63.3 cm³/mol. The van der Waals surface area contributed by atoms with E-state index in [2.05, 4.69) is 0 Å². The van der Waals surface area contributed by atoms with Gasteiger partial charge in [0.2, 0.25) is 0 Å². The fourth-order valence-corrected chi connectivity index (χ4v) is 1.72. The first kappa shape index (κ1) is 11.9. The van der Waals surface area contributed by atoms with E-state index in [4.69, 9.17) is 26.8 Å². The number of hydrogen-bond donors (Lipinski definition) is 1. The van der Waals surface area contributed by atoms with Crippen LogP contribution in [0, 0.1) is 0 Å². The van der Waals surface area contributed by atoms with Crippen LogP contribution in [0.2, 0.25) is 5.02 Å². The minimum Gasteiger partial charge on any atom is -0.346 e. The Hall–Kier alpha value is -0.610. The van der Waals surface area contributed by atoms with E-state index in [-0.39, 0.29) is 11.8 Å². The molecule has 0 aliphatic carbocycles. The number of rotatable bonds is 2. The fraction of sp³-hybridized carbons (Fsp3) is 0.500. The Morgan fingerprint density at radius 3 is 2.38 bits per heavy atom. The number of benzene rings is 1. The zero-order valence-electron chi connectivity index (χ0n) is 9.28. The number of hydrogen-bond acceptors (Lipinski definition) is 3. The summed E-state index contributed by atoms with van der Waals surface area (Å²) in [4.78, 5) is 0. The molecule has 1 aliphatic rings. The van der Waals surface area contributed by atoms with Crippen molar-refractivity contribution in [3.63, 3.8) is 0 Å². The van der Waals surface area contributed by atoms with Gasteiger partial charge in [0.25, 0.3) is 0 Å². The molecule has 1 aromatic carbocycles. The van der Waals surface area contributed by atoms with E-state index in [1.807, 2.05) is 31.2 Å². The molecule has 0 atom stereocenters. The Labute approximate surface area is 100 Å². The summed E-state index contributed by atoms with van der Waals surface area (Å²) < 4.78 is 11.2. The summed E-state index contributed by atoms with van der Waals surface area (Å²) >= 11 is 5.82. The van der Waals surface area contributed by atoms with Gasteiger partial charge in [0.05, 0.1) is 18.8 Å². The lowest BCUT2D eigenvalue weighted by Crippen LogP contribution is -2.52. The second kappa shape index (κ2) is 4.72. The van der Waals surface area contributed by atoms with Gasteiger partial charge in [-0.2, -0.15) is 0 Å². The van der Waals surface area contributed by atoms with E-state index >= 15 is 0 Å². The van der Waals surface area contributed by atoms with Crippen LogP contribution in [-0.2, 0) is 9.47 Å². The third-order valence-electron chi connectivity index (χ3n) is 2.89. The maximum Gasteiger partial charge on any atom is 0.183 e. The molecule has 0 radical (unpaired) electrons. The van der Waals surface area contributed by atoms with Crippen molar-refractivity contribution in [3.05, 3.63) is 34.9 Å². The van der Waals surface area contributed by atoms with Gasteiger partial charge in [0, 0.05) is 10.6 Å². The number of nitrogens with two attached hydrogens (primary N) is 1. The van der Waals surface area contributed by atoms with Gasteiger partial charge in [0.1, 0.15) is 0 Å².